The number of carbonyl (C=O) groups is 1. The largest absolute Gasteiger partial charge is 0.460 e. The van der Waals surface area contributed by atoms with Gasteiger partial charge in [0.15, 0.2) is 10.8 Å². The molecule has 1 atom stereocenters. The van der Waals surface area contributed by atoms with Crippen molar-refractivity contribution in [2.45, 2.75) is 30.8 Å². The van der Waals surface area contributed by atoms with Crippen LogP contribution in [0.3, 0.4) is 0 Å². The van der Waals surface area contributed by atoms with Crippen molar-refractivity contribution in [3.63, 3.8) is 0 Å². The predicted octanol–water partition coefficient (Wildman–Crippen LogP) is 1.26. The summed E-state index contributed by atoms with van der Waals surface area (Å²) in [6.45, 7) is 1.79. The van der Waals surface area contributed by atoms with E-state index in [-0.39, 0.29) is 41.9 Å². The molecule has 0 aromatic carbocycles. The van der Waals surface area contributed by atoms with Gasteiger partial charge < -0.3 is 10.1 Å². The Labute approximate surface area is 214 Å². The maximum Gasteiger partial charge on any atom is 0.419 e. The van der Waals surface area contributed by atoms with Gasteiger partial charge in [0.25, 0.3) is 5.91 Å². The number of alkyl halides is 3. The zero-order valence-corrected chi connectivity index (χ0v) is 20.0. The van der Waals surface area contributed by atoms with Crippen molar-refractivity contribution in [3.05, 3.63) is 35.9 Å². The molecule has 11 nitrogen and oxygen atoms in total. The first-order valence-corrected chi connectivity index (χ1v) is 11.0. The third kappa shape index (κ3) is 4.31. The number of piperidine rings is 1. The highest BCUT2D eigenvalue weighted by Gasteiger charge is 2.61. The standard InChI is InChI=1S/C20H18F3N9O2S.ClH/c21-20(22,23)14-5-11(7-26-15(14)6-24)31-16(33)19(10-29-30-19)32(18(31)35)12-8-27-17(28-9-12)34-13-1-3-25-4-2-13;/h5,7-9,13,25,29-30H,1-4,10H2;1H. The second-order valence-corrected chi connectivity index (χ2v) is 8.45. The maximum atomic E-state index is 13.5. The molecule has 2 aromatic heterocycles. The number of aromatic nitrogens is 3. The van der Waals surface area contributed by atoms with Gasteiger partial charge in [-0.05, 0) is 44.2 Å². The Bertz CT molecular complexity index is 1210. The highest BCUT2D eigenvalue weighted by Crippen LogP contribution is 2.39. The molecule has 1 spiro atoms. The first-order chi connectivity index (χ1) is 16.7. The molecule has 1 amide bonds. The van der Waals surface area contributed by atoms with Crippen LogP contribution in [0.4, 0.5) is 24.5 Å². The fourth-order valence-electron chi connectivity index (χ4n) is 4.14. The second-order valence-electron chi connectivity index (χ2n) is 8.09. The number of carbonyl (C=O) groups excluding carboxylic acids is 1. The van der Waals surface area contributed by atoms with Gasteiger partial charge in [0.1, 0.15) is 12.2 Å². The number of amides is 1. The lowest BCUT2D eigenvalue weighted by Crippen LogP contribution is -2.79. The van der Waals surface area contributed by atoms with Crippen LogP contribution in [-0.2, 0) is 11.0 Å². The Kier molecular flexibility index (Phi) is 6.99. The number of halogens is 4. The minimum absolute atomic E-state index is 0. The van der Waals surface area contributed by atoms with E-state index in [0.29, 0.717) is 11.8 Å². The highest BCUT2D eigenvalue weighted by molar-refractivity contribution is 7.81. The number of hydrazine groups is 1. The molecule has 36 heavy (non-hydrogen) atoms. The predicted molar refractivity (Wildman–Crippen MR) is 126 cm³/mol. The lowest BCUT2D eigenvalue weighted by molar-refractivity contribution is -0.138. The number of hydrogen-bond acceptors (Lipinski definition) is 10. The van der Waals surface area contributed by atoms with Crippen LogP contribution in [0.2, 0.25) is 0 Å². The molecule has 0 radical (unpaired) electrons. The molecular weight excluding hydrogens is 523 g/mol. The Morgan fingerprint density at radius 2 is 1.81 bits per heavy atom. The summed E-state index contributed by atoms with van der Waals surface area (Å²) in [5, 5.41) is 12.2. The van der Waals surface area contributed by atoms with Crippen LogP contribution in [0, 0.1) is 11.3 Å². The molecule has 5 rings (SSSR count). The molecule has 5 heterocycles. The Morgan fingerprint density at radius 3 is 2.36 bits per heavy atom. The minimum Gasteiger partial charge on any atom is -0.460 e. The number of nitriles is 1. The molecule has 0 bridgehead atoms. The van der Waals surface area contributed by atoms with E-state index in [0.717, 1.165) is 37.0 Å². The first-order valence-electron chi connectivity index (χ1n) is 10.6. The van der Waals surface area contributed by atoms with Gasteiger partial charge >= 0.3 is 12.2 Å². The third-order valence-corrected chi connectivity index (χ3v) is 6.30. The fourth-order valence-corrected chi connectivity index (χ4v) is 4.59. The van der Waals surface area contributed by atoms with E-state index in [2.05, 4.69) is 31.1 Å². The van der Waals surface area contributed by atoms with Crippen LogP contribution >= 0.6 is 24.6 Å². The zero-order chi connectivity index (χ0) is 24.8. The van der Waals surface area contributed by atoms with Gasteiger partial charge in [0.05, 0.1) is 42.1 Å². The number of anilines is 2. The van der Waals surface area contributed by atoms with Crippen molar-refractivity contribution >= 4 is 47.0 Å². The Hall–Kier alpha value is -3.16. The van der Waals surface area contributed by atoms with Crippen LogP contribution in [0.1, 0.15) is 24.1 Å². The average Bonchev–Trinajstić information content (AvgIpc) is 3.06. The molecule has 3 N–H and O–H groups in total. The molecule has 3 saturated heterocycles. The van der Waals surface area contributed by atoms with Crippen molar-refractivity contribution in [1.82, 2.24) is 31.1 Å². The highest BCUT2D eigenvalue weighted by atomic mass is 35.5. The van der Waals surface area contributed by atoms with Crippen LogP contribution in [0.25, 0.3) is 0 Å². The third-order valence-electron chi connectivity index (χ3n) is 5.93. The lowest BCUT2D eigenvalue weighted by atomic mass is 10.1. The molecule has 3 fully saturated rings. The number of pyridine rings is 1. The molecule has 190 valence electrons. The van der Waals surface area contributed by atoms with E-state index in [1.165, 1.54) is 23.4 Å². The summed E-state index contributed by atoms with van der Waals surface area (Å²) in [7, 11) is 0. The molecule has 0 aliphatic carbocycles. The lowest BCUT2D eigenvalue weighted by Gasteiger charge is -2.43. The van der Waals surface area contributed by atoms with Crippen LogP contribution in [0.15, 0.2) is 24.7 Å². The monoisotopic (exact) mass is 541 g/mol. The summed E-state index contributed by atoms with van der Waals surface area (Å²) in [6, 6.07) is 2.28. The van der Waals surface area contributed by atoms with Crippen molar-refractivity contribution < 1.29 is 22.7 Å². The van der Waals surface area contributed by atoms with E-state index in [4.69, 9.17) is 22.2 Å². The molecule has 2 aromatic rings. The molecule has 0 saturated carbocycles. The first kappa shape index (κ1) is 25.9. The van der Waals surface area contributed by atoms with E-state index in [1.807, 2.05) is 0 Å². The molecular formula is C20H19ClF3N9O2S. The maximum absolute atomic E-state index is 13.5. The van der Waals surface area contributed by atoms with Gasteiger partial charge in [-0.2, -0.15) is 18.4 Å². The van der Waals surface area contributed by atoms with Crippen molar-refractivity contribution in [3.8, 4) is 12.1 Å². The molecule has 16 heteroatoms. The number of rotatable bonds is 4. The normalized spacial score (nSPS) is 22.3. The minimum atomic E-state index is -4.84. The van der Waals surface area contributed by atoms with Crippen LogP contribution < -0.4 is 30.7 Å². The smallest absolute Gasteiger partial charge is 0.419 e. The van der Waals surface area contributed by atoms with E-state index >= 15 is 0 Å². The summed E-state index contributed by atoms with van der Waals surface area (Å²) in [4.78, 5) is 27.9. The average molecular weight is 542 g/mol. The van der Waals surface area contributed by atoms with E-state index in [9.17, 15) is 18.0 Å². The van der Waals surface area contributed by atoms with Crippen molar-refractivity contribution in [1.29, 1.82) is 5.26 Å². The van der Waals surface area contributed by atoms with Gasteiger partial charge in [-0.15, -0.1) is 12.4 Å². The van der Waals surface area contributed by atoms with Crippen molar-refractivity contribution in [2.24, 2.45) is 0 Å². The topological polar surface area (TPSA) is 131 Å². The summed E-state index contributed by atoms with van der Waals surface area (Å²) < 4.78 is 46.3. The van der Waals surface area contributed by atoms with Gasteiger partial charge in [-0.25, -0.2) is 20.4 Å². The molecule has 1 unspecified atom stereocenters. The SMILES string of the molecule is Cl.N#Cc1ncc(N2C(=O)C3(CNN3)N(c3cnc(OC4CCNCC4)nc3)C2=S)cc1C(F)(F)F. The quantitative estimate of drug-likeness (QED) is 0.483. The second kappa shape index (κ2) is 9.71. The van der Waals surface area contributed by atoms with E-state index < -0.39 is 29.0 Å². The van der Waals surface area contributed by atoms with Gasteiger partial charge in [0.2, 0.25) is 5.66 Å². The number of thiocarbonyl (C=S) groups is 1. The van der Waals surface area contributed by atoms with E-state index in [1.54, 1.807) is 0 Å². The number of nitrogens with one attached hydrogen (secondary N) is 3. The van der Waals surface area contributed by atoms with Gasteiger partial charge in [-0.1, -0.05) is 0 Å². The number of ether oxygens (including phenoxy) is 1. The number of hydrogen-bond donors (Lipinski definition) is 3. The molecule has 3 aliphatic heterocycles. The van der Waals surface area contributed by atoms with Crippen molar-refractivity contribution in [2.75, 3.05) is 29.4 Å². The fraction of sp³-hybridized carbons (Fsp3) is 0.400. The summed E-state index contributed by atoms with van der Waals surface area (Å²) in [6.07, 6.45) is 0.670. The summed E-state index contributed by atoms with van der Waals surface area (Å²) >= 11 is 5.51. The Morgan fingerprint density at radius 1 is 1.17 bits per heavy atom. The summed E-state index contributed by atoms with van der Waals surface area (Å²) in [5.41, 5.74) is 2.27. The van der Waals surface area contributed by atoms with Crippen LogP contribution in [-0.4, -0.2) is 57.4 Å². The van der Waals surface area contributed by atoms with Gasteiger partial charge in [-0.3, -0.25) is 20.0 Å². The zero-order valence-electron chi connectivity index (χ0n) is 18.4. The number of nitrogens with zero attached hydrogens (tertiary/aromatic N) is 6. The molecule has 3 aliphatic rings. The summed E-state index contributed by atoms with van der Waals surface area (Å²) in [5.74, 6) is -0.615. The van der Waals surface area contributed by atoms with Gasteiger partial charge in [0, 0.05) is 0 Å². The Balaban J connectivity index is 0.00000304. The van der Waals surface area contributed by atoms with Crippen LogP contribution in [0.5, 0.6) is 6.01 Å².